The summed E-state index contributed by atoms with van der Waals surface area (Å²) in [6, 6.07) is 11.0. The summed E-state index contributed by atoms with van der Waals surface area (Å²) in [5.74, 6) is 0.434. The first-order valence-electron chi connectivity index (χ1n) is 7.45. The Hall–Kier alpha value is -1.96. The Morgan fingerprint density at radius 3 is 2.29 bits per heavy atom. The molecule has 2 heteroatoms. The van der Waals surface area contributed by atoms with E-state index in [-0.39, 0.29) is 11.5 Å². The van der Waals surface area contributed by atoms with Gasteiger partial charge in [-0.25, -0.2) is 0 Å². The minimum absolute atomic E-state index is 0.0629. The molecule has 3 rings (SSSR count). The summed E-state index contributed by atoms with van der Waals surface area (Å²) in [6.07, 6.45) is 13.0. The first kappa shape index (κ1) is 14.0. The molecule has 108 valence electrons. The zero-order valence-corrected chi connectivity index (χ0v) is 12.9. The van der Waals surface area contributed by atoms with Crippen LogP contribution in [0.1, 0.15) is 25.5 Å². The third-order valence-corrected chi connectivity index (χ3v) is 4.43. The van der Waals surface area contributed by atoms with E-state index in [1.807, 2.05) is 18.1 Å². The molecular weight excluding hydrogens is 256 g/mol. The number of benzene rings is 1. The normalized spacial score (nSPS) is 19.8. The quantitative estimate of drug-likeness (QED) is 0.814. The van der Waals surface area contributed by atoms with E-state index in [9.17, 15) is 0 Å². The van der Waals surface area contributed by atoms with Gasteiger partial charge in [0.1, 0.15) is 0 Å². The average molecular weight is 278 g/mol. The Labute approximate surface area is 128 Å². The van der Waals surface area contributed by atoms with Gasteiger partial charge in [-0.05, 0) is 11.0 Å². The Morgan fingerprint density at radius 1 is 1.05 bits per heavy atom. The van der Waals surface area contributed by atoms with Crippen molar-refractivity contribution in [3.05, 3.63) is 79.3 Å². The van der Waals surface area contributed by atoms with Crippen molar-refractivity contribution in [2.75, 3.05) is 7.05 Å². The summed E-state index contributed by atoms with van der Waals surface area (Å²) >= 11 is 0. The molecule has 1 aromatic carbocycles. The number of nitrogens with zero attached hydrogens (tertiary/aromatic N) is 2. The highest BCUT2D eigenvalue weighted by Crippen LogP contribution is 2.47. The molecular formula is C19H22N2. The summed E-state index contributed by atoms with van der Waals surface area (Å²) in [6.45, 7) is 8.06. The molecule has 0 spiro atoms. The minimum atomic E-state index is 0.0629. The monoisotopic (exact) mass is 278 g/mol. The van der Waals surface area contributed by atoms with Gasteiger partial charge >= 0.3 is 0 Å². The van der Waals surface area contributed by atoms with Crippen molar-refractivity contribution in [2.45, 2.75) is 19.9 Å². The van der Waals surface area contributed by atoms with Crippen molar-refractivity contribution < 1.29 is 0 Å². The maximum atomic E-state index is 3.39. The van der Waals surface area contributed by atoms with Crippen LogP contribution in [0.2, 0.25) is 0 Å². The predicted molar refractivity (Wildman–Crippen MR) is 86.7 cm³/mol. The smallest absolute Gasteiger partial charge is 0.208 e. The maximum absolute atomic E-state index is 3.39. The fourth-order valence-corrected chi connectivity index (χ4v) is 3.26. The minimum Gasteiger partial charge on any atom is -0.349 e. The van der Waals surface area contributed by atoms with E-state index >= 15 is 0 Å². The molecule has 2 radical (unpaired) electrons. The van der Waals surface area contributed by atoms with Gasteiger partial charge in [-0.15, -0.1) is 0 Å². The van der Waals surface area contributed by atoms with E-state index in [2.05, 4.69) is 86.3 Å². The Morgan fingerprint density at radius 2 is 1.71 bits per heavy atom. The molecule has 0 aromatic heterocycles. The summed E-state index contributed by atoms with van der Waals surface area (Å²) in [7, 11) is 2.01. The molecule has 1 aliphatic carbocycles. The van der Waals surface area contributed by atoms with Crippen LogP contribution >= 0.6 is 0 Å². The zero-order valence-electron chi connectivity index (χ0n) is 12.9. The highest BCUT2D eigenvalue weighted by atomic mass is 15.3. The molecule has 0 amide bonds. The maximum Gasteiger partial charge on any atom is 0.208 e. The molecule has 2 nitrogen and oxygen atoms in total. The molecule has 0 saturated heterocycles. The second-order valence-corrected chi connectivity index (χ2v) is 6.35. The highest BCUT2D eigenvalue weighted by Gasteiger charge is 2.40. The van der Waals surface area contributed by atoms with E-state index in [4.69, 9.17) is 0 Å². The van der Waals surface area contributed by atoms with Gasteiger partial charge in [0.25, 0.3) is 0 Å². The van der Waals surface area contributed by atoms with Crippen LogP contribution in [0.15, 0.2) is 67.0 Å². The standard InChI is InChI=1S/C19H22N2/c1-19(2,17-11-7-8-12-17)18(16-9-5-4-6-10-16)21-14-13-20(3)15-21/h4-14,17-18H,1-3H3. The van der Waals surface area contributed by atoms with Crippen LogP contribution < -0.4 is 0 Å². The third kappa shape index (κ3) is 2.63. The topological polar surface area (TPSA) is 6.48 Å². The summed E-state index contributed by atoms with van der Waals surface area (Å²) in [5, 5.41) is 0. The molecule has 2 aliphatic rings. The van der Waals surface area contributed by atoms with E-state index in [0.717, 1.165) is 0 Å². The molecule has 1 heterocycles. The molecule has 0 N–H and O–H groups in total. The lowest BCUT2D eigenvalue weighted by atomic mass is 9.70. The summed E-state index contributed by atoms with van der Waals surface area (Å²) in [4.78, 5) is 4.18. The number of rotatable bonds is 4. The highest BCUT2D eigenvalue weighted by molar-refractivity contribution is 5.28. The summed E-state index contributed by atoms with van der Waals surface area (Å²) < 4.78 is 0. The first-order valence-corrected chi connectivity index (χ1v) is 7.45. The van der Waals surface area contributed by atoms with Crippen molar-refractivity contribution >= 4 is 0 Å². The van der Waals surface area contributed by atoms with Crippen LogP contribution in [0.3, 0.4) is 0 Å². The van der Waals surface area contributed by atoms with Crippen molar-refractivity contribution in [1.29, 1.82) is 0 Å². The molecule has 0 fully saturated rings. The van der Waals surface area contributed by atoms with Gasteiger partial charge in [0.05, 0.1) is 6.04 Å². The number of allylic oxidation sites excluding steroid dienone is 4. The molecule has 1 aliphatic heterocycles. The SMILES string of the molecule is CN1[C]N(C(c2ccccc2)C(C)(C)C2C=CC=C2)C=C1. The van der Waals surface area contributed by atoms with Gasteiger partial charge in [-0.3, -0.25) is 0 Å². The van der Waals surface area contributed by atoms with Crippen molar-refractivity contribution in [3.8, 4) is 0 Å². The molecule has 0 saturated carbocycles. The first-order chi connectivity index (χ1) is 10.1. The Kier molecular flexibility index (Phi) is 3.62. The number of hydrogen-bond donors (Lipinski definition) is 0. The van der Waals surface area contributed by atoms with Gasteiger partial charge in [-0.1, -0.05) is 68.5 Å². The van der Waals surface area contributed by atoms with Gasteiger partial charge in [0, 0.05) is 25.4 Å². The van der Waals surface area contributed by atoms with Crippen LogP contribution in [-0.4, -0.2) is 16.8 Å². The van der Waals surface area contributed by atoms with Crippen LogP contribution in [0.4, 0.5) is 0 Å². The molecule has 1 aromatic rings. The predicted octanol–water partition coefficient (Wildman–Crippen LogP) is 4.21. The van der Waals surface area contributed by atoms with Crippen LogP contribution in [0, 0.1) is 18.0 Å². The average Bonchev–Trinajstić information content (AvgIpc) is 3.12. The van der Waals surface area contributed by atoms with Crippen molar-refractivity contribution in [3.63, 3.8) is 0 Å². The Balaban J connectivity index is 1.98. The van der Waals surface area contributed by atoms with Gasteiger partial charge in [0.2, 0.25) is 6.67 Å². The molecule has 0 bridgehead atoms. The van der Waals surface area contributed by atoms with E-state index in [0.29, 0.717) is 5.92 Å². The zero-order chi connectivity index (χ0) is 14.9. The third-order valence-electron chi connectivity index (χ3n) is 4.43. The largest absolute Gasteiger partial charge is 0.349 e. The fraction of sp³-hybridized carbons (Fsp3) is 0.316. The number of hydrogen-bond acceptors (Lipinski definition) is 2. The summed E-state index contributed by atoms with van der Waals surface area (Å²) in [5.41, 5.74) is 1.39. The van der Waals surface area contributed by atoms with Crippen LogP contribution in [0.25, 0.3) is 0 Å². The molecule has 1 atom stereocenters. The fourth-order valence-electron chi connectivity index (χ4n) is 3.26. The van der Waals surface area contributed by atoms with Crippen molar-refractivity contribution in [2.24, 2.45) is 11.3 Å². The van der Waals surface area contributed by atoms with Crippen LogP contribution in [0.5, 0.6) is 0 Å². The second-order valence-electron chi connectivity index (χ2n) is 6.35. The second kappa shape index (κ2) is 5.44. The lowest BCUT2D eigenvalue weighted by Crippen LogP contribution is -2.37. The van der Waals surface area contributed by atoms with E-state index < -0.39 is 0 Å². The van der Waals surface area contributed by atoms with Gasteiger partial charge in [0.15, 0.2) is 0 Å². The molecule has 1 unspecified atom stereocenters. The van der Waals surface area contributed by atoms with Crippen molar-refractivity contribution in [1.82, 2.24) is 9.80 Å². The van der Waals surface area contributed by atoms with Crippen LogP contribution in [-0.2, 0) is 0 Å². The van der Waals surface area contributed by atoms with Gasteiger partial charge in [-0.2, -0.15) is 0 Å². The van der Waals surface area contributed by atoms with E-state index in [1.54, 1.807) is 0 Å². The lowest BCUT2D eigenvalue weighted by Gasteiger charge is -2.43. The van der Waals surface area contributed by atoms with E-state index in [1.165, 1.54) is 5.56 Å². The lowest BCUT2D eigenvalue weighted by molar-refractivity contribution is 0.120. The molecule has 21 heavy (non-hydrogen) atoms. The Bertz CT molecular complexity index is 556. The van der Waals surface area contributed by atoms with Gasteiger partial charge < -0.3 is 9.80 Å².